The molecule has 0 atom stereocenters. The molecule has 1 aliphatic rings. The molecule has 5 nitrogen and oxygen atoms in total. The largest absolute Gasteiger partial charge is 0.465 e. The molecule has 0 aliphatic carbocycles. The van der Waals surface area contributed by atoms with E-state index in [2.05, 4.69) is 4.98 Å². The SMILES string of the molecule is Cc1nc(C2CCN(C(=O)O)CC2)sc1C=O. The monoisotopic (exact) mass is 254 g/mol. The van der Waals surface area contributed by atoms with Crippen LogP contribution in [0, 0.1) is 6.92 Å². The minimum absolute atomic E-state index is 0.294. The summed E-state index contributed by atoms with van der Waals surface area (Å²) in [6.45, 7) is 2.93. The summed E-state index contributed by atoms with van der Waals surface area (Å²) in [4.78, 5) is 28.0. The summed E-state index contributed by atoms with van der Waals surface area (Å²) in [5.41, 5.74) is 0.778. The van der Waals surface area contributed by atoms with Crippen LogP contribution in [0.3, 0.4) is 0 Å². The number of piperidine rings is 1. The van der Waals surface area contributed by atoms with Gasteiger partial charge in [0.1, 0.15) is 0 Å². The van der Waals surface area contributed by atoms with E-state index in [0.717, 1.165) is 29.8 Å². The number of nitrogens with zero attached hydrogens (tertiary/aromatic N) is 2. The highest BCUT2D eigenvalue weighted by atomic mass is 32.1. The molecule has 1 fully saturated rings. The second-order valence-corrected chi connectivity index (χ2v) is 5.23. The molecule has 0 aromatic carbocycles. The molecule has 1 aliphatic heterocycles. The van der Waals surface area contributed by atoms with E-state index in [1.165, 1.54) is 16.2 Å². The van der Waals surface area contributed by atoms with E-state index in [-0.39, 0.29) is 0 Å². The van der Waals surface area contributed by atoms with Gasteiger partial charge in [0.15, 0.2) is 6.29 Å². The molecule has 1 N–H and O–H groups in total. The molecule has 0 radical (unpaired) electrons. The first-order valence-electron chi connectivity index (χ1n) is 5.52. The lowest BCUT2D eigenvalue weighted by Gasteiger charge is -2.28. The third-order valence-electron chi connectivity index (χ3n) is 3.07. The molecule has 2 rings (SSSR count). The quantitative estimate of drug-likeness (QED) is 0.821. The zero-order valence-corrected chi connectivity index (χ0v) is 10.4. The molecule has 1 saturated heterocycles. The first-order valence-corrected chi connectivity index (χ1v) is 6.34. The Kier molecular flexibility index (Phi) is 3.42. The smallest absolute Gasteiger partial charge is 0.407 e. The van der Waals surface area contributed by atoms with Crippen molar-refractivity contribution >= 4 is 23.7 Å². The van der Waals surface area contributed by atoms with E-state index >= 15 is 0 Å². The highest BCUT2D eigenvalue weighted by molar-refractivity contribution is 7.13. The predicted molar refractivity (Wildman–Crippen MR) is 63.8 cm³/mol. The van der Waals surface area contributed by atoms with Gasteiger partial charge >= 0.3 is 6.09 Å². The number of carbonyl (C=O) groups is 2. The summed E-state index contributed by atoms with van der Waals surface area (Å²) >= 11 is 1.43. The Morgan fingerprint density at radius 3 is 2.65 bits per heavy atom. The van der Waals surface area contributed by atoms with Crippen molar-refractivity contribution in [1.82, 2.24) is 9.88 Å². The first-order chi connectivity index (χ1) is 8.11. The van der Waals surface area contributed by atoms with E-state index < -0.39 is 6.09 Å². The lowest BCUT2D eigenvalue weighted by atomic mass is 9.98. The van der Waals surface area contributed by atoms with E-state index in [1.807, 2.05) is 6.92 Å². The lowest BCUT2D eigenvalue weighted by molar-refractivity contribution is 0.112. The molecular weight excluding hydrogens is 240 g/mol. The van der Waals surface area contributed by atoms with Crippen molar-refractivity contribution in [1.29, 1.82) is 0 Å². The maximum Gasteiger partial charge on any atom is 0.407 e. The van der Waals surface area contributed by atoms with E-state index in [9.17, 15) is 9.59 Å². The molecule has 6 heteroatoms. The highest BCUT2D eigenvalue weighted by Crippen LogP contribution is 2.31. The molecular formula is C11H14N2O3S. The van der Waals surface area contributed by atoms with Crippen molar-refractivity contribution in [3.63, 3.8) is 0 Å². The maximum absolute atomic E-state index is 10.8. The number of hydrogen-bond donors (Lipinski definition) is 1. The normalized spacial score (nSPS) is 17.1. The Morgan fingerprint density at radius 1 is 1.53 bits per heavy atom. The molecule has 2 heterocycles. The maximum atomic E-state index is 10.8. The summed E-state index contributed by atoms with van der Waals surface area (Å²) in [5.74, 6) is 0.294. The van der Waals surface area contributed by atoms with Gasteiger partial charge in [0.25, 0.3) is 0 Å². The van der Waals surface area contributed by atoms with E-state index in [1.54, 1.807) is 0 Å². The molecule has 0 bridgehead atoms. The Hall–Kier alpha value is -1.43. The number of aldehydes is 1. The van der Waals surface area contributed by atoms with Gasteiger partial charge in [-0.25, -0.2) is 9.78 Å². The predicted octanol–water partition coefficient (Wildman–Crippen LogP) is 2.12. The third kappa shape index (κ3) is 2.46. The number of rotatable bonds is 2. The minimum Gasteiger partial charge on any atom is -0.465 e. The number of carboxylic acid groups (broad SMARTS) is 1. The molecule has 0 saturated carbocycles. The number of likely N-dealkylation sites (tertiary alicyclic amines) is 1. The van der Waals surface area contributed by atoms with Gasteiger partial charge in [0.05, 0.1) is 15.6 Å². The number of hydrogen-bond acceptors (Lipinski definition) is 4. The molecule has 1 aromatic rings. The third-order valence-corrected chi connectivity index (χ3v) is 4.32. The highest BCUT2D eigenvalue weighted by Gasteiger charge is 2.25. The molecule has 0 unspecified atom stereocenters. The van der Waals surface area contributed by atoms with Crippen LogP contribution in [-0.4, -0.2) is 40.5 Å². The average molecular weight is 254 g/mol. The Morgan fingerprint density at radius 2 is 2.18 bits per heavy atom. The summed E-state index contributed by atoms with van der Waals surface area (Å²) in [6, 6.07) is 0. The van der Waals surface area contributed by atoms with Gasteiger partial charge in [0.2, 0.25) is 0 Å². The van der Waals surface area contributed by atoms with Gasteiger partial charge in [-0.1, -0.05) is 0 Å². The van der Waals surface area contributed by atoms with Crippen molar-refractivity contribution in [2.24, 2.45) is 0 Å². The van der Waals surface area contributed by atoms with Crippen LogP contribution in [0.15, 0.2) is 0 Å². The average Bonchev–Trinajstić information content (AvgIpc) is 2.70. The van der Waals surface area contributed by atoms with Crippen LogP contribution in [0.5, 0.6) is 0 Å². The summed E-state index contributed by atoms with van der Waals surface area (Å²) in [7, 11) is 0. The summed E-state index contributed by atoms with van der Waals surface area (Å²) in [5, 5.41) is 9.82. The topological polar surface area (TPSA) is 70.5 Å². The second kappa shape index (κ2) is 4.83. The van der Waals surface area contributed by atoms with Crippen molar-refractivity contribution < 1.29 is 14.7 Å². The zero-order chi connectivity index (χ0) is 12.4. The van der Waals surface area contributed by atoms with Crippen LogP contribution >= 0.6 is 11.3 Å². The van der Waals surface area contributed by atoms with Crippen molar-refractivity contribution in [3.8, 4) is 0 Å². The molecule has 1 aromatic heterocycles. The van der Waals surface area contributed by atoms with Gasteiger partial charge in [0, 0.05) is 19.0 Å². The van der Waals surface area contributed by atoms with Crippen molar-refractivity contribution in [2.45, 2.75) is 25.7 Å². The van der Waals surface area contributed by atoms with Crippen LogP contribution < -0.4 is 0 Å². The molecule has 17 heavy (non-hydrogen) atoms. The van der Waals surface area contributed by atoms with Gasteiger partial charge in [-0.3, -0.25) is 4.79 Å². The number of amides is 1. The number of carbonyl (C=O) groups excluding carboxylic acids is 1. The fourth-order valence-corrected chi connectivity index (χ4v) is 3.08. The number of aromatic nitrogens is 1. The summed E-state index contributed by atoms with van der Waals surface area (Å²) in [6.07, 6.45) is 1.56. The fourth-order valence-electron chi connectivity index (χ4n) is 2.03. The number of thiazole rings is 1. The summed E-state index contributed by atoms with van der Waals surface area (Å²) < 4.78 is 0. The van der Waals surface area contributed by atoms with Crippen LogP contribution in [0.1, 0.15) is 39.1 Å². The van der Waals surface area contributed by atoms with Crippen LogP contribution in [0.4, 0.5) is 4.79 Å². The Bertz CT molecular complexity index is 436. The van der Waals surface area contributed by atoms with Crippen molar-refractivity contribution in [2.75, 3.05) is 13.1 Å². The van der Waals surface area contributed by atoms with Crippen molar-refractivity contribution in [3.05, 3.63) is 15.6 Å². The fraction of sp³-hybridized carbons (Fsp3) is 0.545. The number of aryl methyl sites for hydroxylation is 1. The van der Waals surface area contributed by atoms with E-state index in [4.69, 9.17) is 5.11 Å². The van der Waals surface area contributed by atoms with Gasteiger partial charge in [-0.05, 0) is 19.8 Å². The second-order valence-electron chi connectivity index (χ2n) is 4.16. The Balaban J connectivity index is 2.05. The van der Waals surface area contributed by atoms with Gasteiger partial charge in [-0.2, -0.15) is 0 Å². The Labute approximate surface area is 103 Å². The van der Waals surface area contributed by atoms with Gasteiger partial charge in [-0.15, -0.1) is 11.3 Å². The molecule has 92 valence electrons. The van der Waals surface area contributed by atoms with E-state index in [0.29, 0.717) is 23.9 Å². The first kappa shape index (κ1) is 12.0. The zero-order valence-electron chi connectivity index (χ0n) is 9.55. The molecule has 0 spiro atoms. The lowest BCUT2D eigenvalue weighted by Crippen LogP contribution is -2.36. The standard InChI is InChI=1S/C11H14N2O3S/c1-7-9(6-14)17-10(12-7)8-2-4-13(5-3-8)11(15)16/h6,8H,2-5H2,1H3,(H,15,16). The van der Waals surface area contributed by atoms with Crippen LogP contribution in [0.25, 0.3) is 0 Å². The van der Waals surface area contributed by atoms with Crippen LogP contribution in [-0.2, 0) is 0 Å². The molecule has 1 amide bonds. The minimum atomic E-state index is -0.854. The van der Waals surface area contributed by atoms with Gasteiger partial charge < -0.3 is 10.0 Å². The van der Waals surface area contributed by atoms with Crippen LogP contribution in [0.2, 0.25) is 0 Å².